The maximum Gasteiger partial charge on any atom is 0.289 e. The van der Waals surface area contributed by atoms with E-state index >= 15 is 0 Å². The molecule has 0 saturated carbocycles. The van der Waals surface area contributed by atoms with Crippen LogP contribution in [0.15, 0.2) is 40.8 Å². The lowest BCUT2D eigenvalue weighted by atomic mass is 9.95. The van der Waals surface area contributed by atoms with E-state index in [1.165, 1.54) is 0 Å². The van der Waals surface area contributed by atoms with Gasteiger partial charge in [-0.2, -0.15) is 0 Å². The highest BCUT2D eigenvalue weighted by Gasteiger charge is 2.30. The Morgan fingerprint density at radius 3 is 2.58 bits per heavy atom. The number of rotatable bonds is 6. The Kier molecular flexibility index (Phi) is 6.57. The summed E-state index contributed by atoms with van der Waals surface area (Å²) in [5.74, 6) is 0.969. The summed E-state index contributed by atoms with van der Waals surface area (Å²) >= 11 is 1.59. The number of carbonyl (C=O) groups is 2. The average molecular weight is 507 g/mol. The van der Waals surface area contributed by atoms with E-state index < -0.39 is 0 Å². The van der Waals surface area contributed by atoms with E-state index in [9.17, 15) is 9.59 Å². The van der Waals surface area contributed by atoms with Gasteiger partial charge in [-0.1, -0.05) is 23.5 Å². The van der Waals surface area contributed by atoms with Crippen molar-refractivity contribution in [2.75, 3.05) is 39.2 Å². The van der Waals surface area contributed by atoms with Crippen molar-refractivity contribution in [3.05, 3.63) is 53.3 Å². The molecule has 0 bridgehead atoms. The maximum absolute atomic E-state index is 13.3. The second-order valence-corrected chi connectivity index (χ2v) is 10.4. The number of benzene rings is 2. The van der Waals surface area contributed by atoms with E-state index in [1.54, 1.807) is 23.3 Å². The van der Waals surface area contributed by atoms with Gasteiger partial charge in [-0.15, -0.1) is 0 Å². The number of carbonyl (C=O) groups excluding carboxylic acids is 2. The Balaban J connectivity index is 1.22. The van der Waals surface area contributed by atoms with Crippen molar-refractivity contribution in [1.29, 1.82) is 0 Å². The van der Waals surface area contributed by atoms with Crippen LogP contribution in [0.5, 0.6) is 5.75 Å². The number of piperidine rings is 1. The number of furan rings is 1. The van der Waals surface area contributed by atoms with Gasteiger partial charge in [0.15, 0.2) is 10.9 Å². The third-order valence-corrected chi connectivity index (χ3v) is 7.98. The van der Waals surface area contributed by atoms with Crippen molar-refractivity contribution < 1.29 is 18.7 Å². The standard InChI is InChI=1S/C27H30N4O4S/c1-16-20-13-21-23(36-27(29-21)30(2)3)14-22(20)35-24(16)26(33)31-11-9-18(10-12-31)25(32)28-15-17-5-7-19(34-4)8-6-17/h5-8,13-14,18H,9-12,15H2,1-4H3,(H,28,32). The smallest absolute Gasteiger partial charge is 0.289 e. The topological polar surface area (TPSA) is 87.9 Å². The Hall–Kier alpha value is -3.59. The van der Waals surface area contributed by atoms with E-state index in [4.69, 9.17) is 9.15 Å². The summed E-state index contributed by atoms with van der Waals surface area (Å²) in [7, 11) is 5.57. The molecule has 1 fully saturated rings. The first-order chi connectivity index (χ1) is 17.3. The number of aromatic nitrogens is 1. The summed E-state index contributed by atoms with van der Waals surface area (Å²) in [4.78, 5) is 34.5. The predicted molar refractivity (Wildman–Crippen MR) is 142 cm³/mol. The number of hydrogen-bond acceptors (Lipinski definition) is 7. The molecule has 4 aromatic rings. The number of anilines is 1. The number of nitrogens with one attached hydrogen (secondary N) is 1. The second kappa shape index (κ2) is 9.81. The van der Waals surface area contributed by atoms with Crippen LogP contribution in [-0.2, 0) is 11.3 Å². The molecule has 2 aromatic heterocycles. The van der Waals surface area contributed by atoms with E-state index in [0.717, 1.165) is 37.6 Å². The number of fused-ring (bicyclic) bond motifs is 2. The summed E-state index contributed by atoms with van der Waals surface area (Å²) in [5.41, 5.74) is 3.45. The van der Waals surface area contributed by atoms with Crippen molar-refractivity contribution in [2.45, 2.75) is 26.3 Å². The van der Waals surface area contributed by atoms with Crippen molar-refractivity contribution in [1.82, 2.24) is 15.2 Å². The lowest BCUT2D eigenvalue weighted by molar-refractivity contribution is -0.126. The monoisotopic (exact) mass is 506 g/mol. The molecule has 0 spiro atoms. The highest BCUT2D eigenvalue weighted by Crippen LogP contribution is 2.35. The van der Waals surface area contributed by atoms with Crippen LogP contribution >= 0.6 is 11.3 Å². The minimum atomic E-state index is -0.119. The fourth-order valence-electron chi connectivity index (χ4n) is 4.59. The SMILES string of the molecule is COc1ccc(CNC(=O)C2CCN(C(=O)c3oc4cc5sc(N(C)C)nc5cc4c3C)CC2)cc1. The van der Waals surface area contributed by atoms with Crippen molar-refractivity contribution in [3.8, 4) is 5.75 Å². The maximum atomic E-state index is 13.3. The molecule has 0 radical (unpaired) electrons. The van der Waals surface area contributed by atoms with Gasteiger partial charge in [0.2, 0.25) is 5.91 Å². The van der Waals surface area contributed by atoms with E-state index in [0.29, 0.717) is 43.8 Å². The van der Waals surface area contributed by atoms with Crippen LogP contribution in [-0.4, -0.2) is 56.0 Å². The molecule has 36 heavy (non-hydrogen) atoms. The van der Waals surface area contributed by atoms with Gasteiger partial charge in [0.05, 0.1) is 17.3 Å². The summed E-state index contributed by atoms with van der Waals surface area (Å²) in [5, 5.41) is 4.87. The number of hydrogen-bond donors (Lipinski definition) is 1. The zero-order valence-electron chi connectivity index (χ0n) is 21.0. The number of thiazole rings is 1. The van der Waals surface area contributed by atoms with Crippen molar-refractivity contribution in [3.63, 3.8) is 0 Å². The first-order valence-electron chi connectivity index (χ1n) is 12.0. The van der Waals surface area contributed by atoms with Gasteiger partial charge in [0, 0.05) is 56.7 Å². The molecule has 188 valence electrons. The van der Waals surface area contributed by atoms with E-state index in [-0.39, 0.29) is 17.7 Å². The Morgan fingerprint density at radius 2 is 1.92 bits per heavy atom. The molecule has 0 atom stereocenters. The zero-order valence-corrected chi connectivity index (χ0v) is 21.8. The third kappa shape index (κ3) is 4.63. The molecule has 2 aromatic carbocycles. The van der Waals surface area contributed by atoms with Gasteiger partial charge < -0.3 is 24.3 Å². The van der Waals surface area contributed by atoms with Crippen molar-refractivity contribution in [2.24, 2.45) is 5.92 Å². The summed E-state index contributed by atoms with van der Waals surface area (Å²) in [6, 6.07) is 11.6. The molecule has 1 saturated heterocycles. The molecule has 3 heterocycles. The quantitative estimate of drug-likeness (QED) is 0.411. The van der Waals surface area contributed by atoms with Gasteiger partial charge in [-0.25, -0.2) is 4.98 Å². The van der Waals surface area contributed by atoms with Gasteiger partial charge in [-0.05, 0) is 43.5 Å². The predicted octanol–water partition coefficient (Wildman–Crippen LogP) is 4.59. The molecular formula is C27H30N4O4S. The van der Waals surface area contributed by atoms with Crippen LogP contribution in [0.1, 0.15) is 34.5 Å². The van der Waals surface area contributed by atoms with Gasteiger partial charge in [-0.3, -0.25) is 9.59 Å². The molecule has 5 rings (SSSR count). The molecule has 8 nitrogen and oxygen atoms in total. The van der Waals surface area contributed by atoms with E-state index in [2.05, 4.69) is 10.3 Å². The molecule has 0 aliphatic carbocycles. The molecule has 1 aliphatic rings. The lowest BCUT2D eigenvalue weighted by Crippen LogP contribution is -2.43. The van der Waals surface area contributed by atoms with E-state index in [1.807, 2.05) is 62.3 Å². The number of likely N-dealkylation sites (tertiary alicyclic amines) is 1. The summed E-state index contributed by atoms with van der Waals surface area (Å²) in [6.45, 7) is 3.45. The van der Waals surface area contributed by atoms with Crippen molar-refractivity contribution >= 4 is 49.5 Å². The minimum absolute atomic E-state index is 0.0301. The normalized spacial score (nSPS) is 14.4. The number of ether oxygens (including phenoxy) is 1. The van der Waals surface area contributed by atoms with Gasteiger partial charge >= 0.3 is 0 Å². The number of aryl methyl sites for hydroxylation is 1. The molecule has 1 aliphatic heterocycles. The number of amides is 2. The Bertz CT molecular complexity index is 1420. The molecule has 0 unspecified atom stereocenters. The lowest BCUT2D eigenvalue weighted by Gasteiger charge is -2.31. The number of nitrogens with zero attached hydrogens (tertiary/aromatic N) is 3. The highest BCUT2D eigenvalue weighted by molar-refractivity contribution is 7.22. The first kappa shape index (κ1) is 24.1. The molecular weight excluding hydrogens is 476 g/mol. The van der Waals surface area contributed by atoms with Gasteiger partial charge in [0.1, 0.15) is 11.3 Å². The number of methoxy groups -OCH3 is 1. The van der Waals surface area contributed by atoms with Crippen LogP contribution in [0.2, 0.25) is 0 Å². The zero-order chi connectivity index (χ0) is 25.4. The summed E-state index contributed by atoms with van der Waals surface area (Å²) in [6.07, 6.45) is 1.26. The Morgan fingerprint density at radius 1 is 1.19 bits per heavy atom. The highest BCUT2D eigenvalue weighted by atomic mass is 32.1. The van der Waals surface area contributed by atoms with Crippen LogP contribution < -0.4 is 15.0 Å². The minimum Gasteiger partial charge on any atom is -0.497 e. The molecule has 1 N–H and O–H groups in total. The fourth-order valence-corrected chi connectivity index (χ4v) is 5.49. The van der Waals surface area contributed by atoms with Gasteiger partial charge in [0.25, 0.3) is 5.91 Å². The summed E-state index contributed by atoms with van der Waals surface area (Å²) < 4.78 is 12.3. The van der Waals surface area contributed by atoms with Crippen LogP contribution in [0, 0.1) is 12.8 Å². The first-order valence-corrected chi connectivity index (χ1v) is 12.9. The van der Waals surface area contributed by atoms with Crippen LogP contribution in [0.4, 0.5) is 5.13 Å². The second-order valence-electron chi connectivity index (χ2n) is 9.40. The largest absolute Gasteiger partial charge is 0.497 e. The molecule has 9 heteroatoms. The van der Waals surface area contributed by atoms with Crippen LogP contribution in [0.25, 0.3) is 21.2 Å². The third-order valence-electron chi connectivity index (χ3n) is 6.79. The fraction of sp³-hybridized carbons (Fsp3) is 0.370. The molecule has 2 amide bonds. The Labute approximate surface area is 213 Å². The average Bonchev–Trinajstić information content (AvgIpc) is 3.46. The van der Waals surface area contributed by atoms with Crippen LogP contribution in [0.3, 0.4) is 0 Å².